The summed E-state index contributed by atoms with van der Waals surface area (Å²) in [5.74, 6) is 0.928. The molecule has 1 aliphatic rings. The quantitative estimate of drug-likeness (QED) is 0.862. The lowest BCUT2D eigenvalue weighted by atomic mass is 10.1. The van der Waals surface area contributed by atoms with Crippen LogP contribution >= 0.6 is 11.6 Å². The topological polar surface area (TPSA) is 54.3 Å². The molecule has 6 nitrogen and oxygen atoms in total. The number of aryl methyl sites for hydroxylation is 1. The number of halogens is 1. The van der Waals surface area contributed by atoms with Crippen LogP contribution < -0.4 is 0 Å². The van der Waals surface area contributed by atoms with Crippen LogP contribution in [0.5, 0.6) is 0 Å². The number of carbonyl (C=O) groups is 1. The van der Waals surface area contributed by atoms with E-state index in [9.17, 15) is 4.79 Å². The van der Waals surface area contributed by atoms with Crippen LogP contribution in [-0.4, -0.2) is 56.4 Å². The van der Waals surface area contributed by atoms with Crippen LogP contribution in [0.4, 0.5) is 0 Å². The van der Waals surface area contributed by atoms with Gasteiger partial charge in [0.15, 0.2) is 0 Å². The summed E-state index contributed by atoms with van der Waals surface area (Å²) in [4.78, 5) is 25.4. The maximum absolute atomic E-state index is 12.8. The van der Waals surface area contributed by atoms with Gasteiger partial charge in [-0.05, 0) is 12.6 Å². The van der Waals surface area contributed by atoms with Crippen LogP contribution in [0.1, 0.15) is 29.1 Å². The second-order valence-electron chi connectivity index (χ2n) is 5.65. The Morgan fingerprint density at radius 3 is 2.87 bits per heavy atom. The molecule has 0 radical (unpaired) electrons. The molecule has 1 atom stereocenters. The predicted molar refractivity (Wildman–Crippen MR) is 88.3 cm³/mol. The van der Waals surface area contributed by atoms with Gasteiger partial charge >= 0.3 is 0 Å². The van der Waals surface area contributed by atoms with E-state index in [4.69, 9.17) is 11.6 Å². The zero-order valence-corrected chi connectivity index (χ0v) is 14.1. The minimum Gasteiger partial charge on any atom is -0.337 e. The lowest BCUT2D eigenvalue weighted by molar-refractivity contribution is 0.0473. The van der Waals surface area contributed by atoms with Crippen LogP contribution in [0.25, 0.3) is 0 Å². The van der Waals surface area contributed by atoms with Crippen molar-refractivity contribution in [3.63, 3.8) is 0 Å². The van der Waals surface area contributed by atoms with Gasteiger partial charge in [0.1, 0.15) is 5.82 Å². The first kappa shape index (κ1) is 16.0. The van der Waals surface area contributed by atoms with Crippen molar-refractivity contribution in [2.45, 2.75) is 13.0 Å². The van der Waals surface area contributed by atoms with Crippen molar-refractivity contribution in [1.82, 2.24) is 24.3 Å². The van der Waals surface area contributed by atoms with Gasteiger partial charge in [-0.2, -0.15) is 0 Å². The van der Waals surface area contributed by atoms with Crippen LogP contribution in [-0.2, 0) is 7.05 Å². The van der Waals surface area contributed by atoms with Crippen molar-refractivity contribution in [3.05, 3.63) is 47.3 Å². The Kier molecular flexibility index (Phi) is 4.63. The van der Waals surface area contributed by atoms with E-state index < -0.39 is 0 Å². The molecule has 122 valence electrons. The third kappa shape index (κ3) is 3.09. The molecule has 0 spiro atoms. The summed E-state index contributed by atoms with van der Waals surface area (Å²) in [6.45, 7) is 5.17. The molecular formula is C16H20ClN5O. The second-order valence-corrected chi connectivity index (χ2v) is 6.05. The van der Waals surface area contributed by atoms with E-state index in [-0.39, 0.29) is 11.9 Å². The Hall–Kier alpha value is -1.92. The number of nitrogens with zero attached hydrogens (tertiary/aromatic N) is 5. The smallest absolute Gasteiger partial charge is 0.255 e. The molecule has 1 fully saturated rings. The van der Waals surface area contributed by atoms with Crippen molar-refractivity contribution in [2.24, 2.45) is 7.05 Å². The molecule has 2 aromatic rings. The number of carbonyl (C=O) groups excluding carboxylic acids is 1. The molecule has 3 rings (SSSR count). The van der Waals surface area contributed by atoms with Gasteiger partial charge in [-0.15, -0.1) is 0 Å². The summed E-state index contributed by atoms with van der Waals surface area (Å²) in [5.41, 5.74) is 0.505. The monoisotopic (exact) mass is 333 g/mol. The van der Waals surface area contributed by atoms with E-state index in [2.05, 4.69) is 21.8 Å². The summed E-state index contributed by atoms with van der Waals surface area (Å²) in [6.07, 6.45) is 6.83. The number of piperazine rings is 1. The third-order valence-corrected chi connectivity index (χ3v) is 4.65. The van der Waals surface area contributed by atoms with Gasteiger partial charge in [-0.1, -0.05) is 18.5 Å². The van der Waals surface area contributed by atoms with E-state index in [1.54, 1.807) is 18.5 Å². The lowest BCUT2D eigenvalue weighted by Gasteiger charge is -2.40. The molecule has 0 unspecified atom stereocenters. The van der Waals surface area contributed by atoms with Gasteiger partial charge in [0.25, 0.3) is 5.91 Å². The third-order valence-electron chi connectivity index (χ3n) is 4.34. The van der Waals surface area contributed by atoms with E-state index in [0.29, 0.717) is 23.7 Å². The van der Waals surface area contributed by atoms with Gasteiger partial charge in [-0.3, -0.25) is 14.7 Å². The molecular weight excluding hydrogens is 314 g/mol. The van der Waals surface area contributed by atoms with E-state index in [0.717, 1.165) is 18.9 Å². The van der Waals surface area contributed by atoms with Crippen LogP contribution in [0.15, 0.2) is 30.9 Å². The number of hydrogen-bond donors (Lipinski definition) is 0. The number of rotatable bonds is 3. The van der Waals surface area contributed by atoms with Crippen molar-refractivity contribution < 1.29 is 4.79 Å². The summed E-state index contributed by atoms with van der Waals surface area (Å²) in [5, 5.41) is 0.393. The van der Waals surface area contributed by atoms with E-state index in [1.165, 1.54) is 6.20 Å². The Morgan fingerprint density at radius 1 is 1.39 bits per heavy atom. The number of imidazole rings is 1. The van der Waals surface area contributed by atoms with Gasteiger partial charge in [-0.25, -0.2) is 4.98 Å². The minimum atomic E-state index is -0.0487. The lowest BCUT2D eigenvalue weighted by Crippen LogP contribution is -2.51. The molecule has 1 saturated heterocycles. The van der Waals surface area contributed by atoms with Crippen LogP contribution in [0, 0.1) is 0 Å². The molecule has 23 heavy (non-hydrogen) atoms. The van der Waals surface area contributed by atoms with Crippen molar-refractivity contribution in [2.75, 3.05) is 26.2 Å². The fourth-order valence-electron chi connectivity index (χ4n) is 3.05. The highest BCUT2D eigenvalue weighted by atomic mass is 35.5. The summed E-state index contributed by atoms with van der Waals surface area (Å²) < 4.78 is 2.01. The molecule has 3 heterocycles. The second kappa shape index (κ2) is 6.68. The molecule has 0 bridgehead atoms. The van der Waals surface area contributed by atoms with E-state index in [1.807, 2.05) is 22.7 Å². The molecule has 0 aliphatic carbocycles. The van der Waals surface area contributed by atoms with Crippen molar-refractivity contribution in [1.29, 1.82) is 0 Å². The van der Waals surface area contributed by atoms with Gasteiger partial charge in [0.05, 0.1) is 16.6 Å². The minimum absolute atomic E-state index is 0.0487. The highest BCUT2D eigenvalue weighted by molar-refractivity contribution is 6.33. The molecule has 1 amide bonds. The van der Waals surface area contributed by atoms with Gasteiger partial charge in [0, 0.05) is 51.5 Å². The van der Waals surface area contributed by atoms with Crippen LogP contribution in [0.3, 0.4) is 0 Å². The zero-order valence-electron chi connectivity index (χ0n) is 13.3. The molecule has 7 heteroatoms. The average Bonchev–Trinajstić information content (AvgIpc) is 3.00. The molecule has 0 saturated carbocycles. The van der Waals surface area contributed by atoms with Crippen molar-refractivity contribution in [3.8, 4) is 0 Å². The maximum Gasteiger partial charge on any atom is 0.255 e. The SMILES string of the molecule is CCN1CCN(C(=O)c2ccncc2Cl)C[C@@H]1c1nccn1C. The number of pyridine rings is 1. The fraction of sp³-hybridized carbons (Fsp3) is 0.438. The first-order chi connectivity index (χ1) is 11.1. The van der Waals surface area contributed by atoms with Crippen LogP contribution in [0.2, 0.25) is 5.02 Å². The largest absolute Gasteiger partial charge is 0.337 e. The standard InChI is InChI=1S/C16H20ClN5O/c1-3-21-8-9-22(11-14(21)15-19-6-7-20(15)2)16(23)12-4-5-18-10-13(12)17/h4-7,10,14H,3,8-9,11H2,1-2H3/t14-/m1/s1. The first-order valence-corrected chi connectivity index (χ1v) is 8.09. The highest BCUT2D eigenvalue weighted by Crippen LogP contribution is 2.26. The first-order valence-electron chi connectivity index (χ1n) is 7.72. The zero-order chi connectivity index (χ0) is 16.4. The molecule has 0 aromatic carbocycles. The Bertz CT molecular complexity index is 701. The molecule has 1 aliphatic heterocycles. The maximum atomic E-state index is 12.8. The Balaban J connectivity index is 1.84. The van der Waals surface area contributed by atoms with Gasteiger partial charge < -0.3 is 9.47 Å². The summed E-state index contributed by atoms with van der Waals surface area (Å²) >= 11 is 6.12. The van der Waals surface area contributed by atoms with Crippen molar-refractivity contribution >= 4 is 17.5 Å². The summed E-state index contributed by atoms with van der Waals surface area (Å²) in [7, 11) is 1.98. The number of aromatic nitrogens is 3. The number of hydrogen-bond acceptors (Lipinski definition) is 4. The Labute approximate surface area is 140 Å². The Morgan fingerprint density at radius 2 is 2.22 bits per heavy atom. The normalized spacial score (nSPS) is 19.1. The fourth-order valence-corrected chi connectivity index (χ4v) is 3.25. The van der Waals surface area contributed by atoms with E-state index >= 15 is 0 Å². The molecule has 2 aromatic heterocycles. The average molecular weight is 334 g/mol. The summed E-state index contributed by atoms with van der Waals surface area (Å²) in [6, 6.07) is 1.77. The number of likely N-dealkylation sites (N-methyl/N-ethyl adjacent to an activating group) is 1. The van der Waals surface area contributed by atoms with Gasteiger partial charge in [0.2, 0.25) is 0 Å². The molecule has 0 N–H and O–H groups in total. The predicted octanol–water partition coefficient (Wildman–Crippen LogP) is 1.99. The highest BCUT2D eigenvalue weighted by Gasteiger charge is 2.32. The number of amides is 1.